The van der Waals surface area contributed by atoms with Crippen LogP contribution in [0.2, 0.25) is 18.1 Å². The van der Waals surface area contributed by atoms with E-state index in [2.05, 4.69) is 69.4 Å². The Morgan fingerprint density at radius 2 is 2.00 bits per heavy atom. The number of hydrogen-bond acceptors (Lipinski definition) is 2. The van der Waals surface area contributed by atoms with Gasteiger partial charge in [0.2, 0.25) is 0 Å². The molecule has 0 fully saturated rings. The first-order valence-corrected chi connectivity index (χ1v) is 11.1. The normalized spacial score (nSPS) is 14.1. The largest absolute Gasteiger partial charge is 0.403 e. The van der Waals surface area contributed by atoms with Crippen LogP contribution in [0, 0.1) is 12.3 Å². The lowest BCUT2D eigenvalue weighted by Gasteiger charge is -2.38. The highest BCUT2D eigenvalue weighted by Gasteiger charge is 2.38. The molecule has 0 radical (unpaired) electrons. The molecule has 0 aliphatic rings. The maximum Gasteiger partial charge on any atom is 0.193 e. The van der Waals surface area contributed by atoms with Gasteiger partial charge in [-0.2, -0.15) is 0 Å². The molecule has 0 bridgehead atoms. The van der Waals surface area contributed by atoms with Crippen LogP contribution >= 0.6 is 11.3 Å². The van der Waals surface area contributed by atoms with Crippen LogP contribution in [-0.4, -0.2) is 14.4 Å². The Labute approximate surface area is 133 Å². The van der Waals surface area contributed by atoms with E-state index in [1.54, 1.807) is 11.3 Å². The second-order valence-electron chi connectivity index (χ2n) is 7.03. The van der Waals surface area contributed by atoms with Crippen LogP contribution in [0.3, 0.4) is 0 Å². The van der Waals surface area contributed by atoms with Gasteiger partial charge >= 0.3 is 0 Å². The summed E-state index contributed by atoms with van der Waals surface area (Å²) in [5.74, 6) is 2.84. The van der Waals surface area contributed by atoms with E-state index in [0.29, 0.717) is 0 Å². The number of fused-ring (bicyclic) bond motifs is 1. The zero-order valence-corrected chi connectivity index (χ0v) is 15.4. The fourth-order valence-corrected chi connectivity index (χ4v) is 4.08. The summed E-state index contributed by atoms with van der Waals surface area (Å²) >= 11 is 1.77. The van der Waals surface area contributed by atoms with E-state index < -0.39 is 8.32 Å². The molecular formula is C18H24OSSi. The van der Waals surface area contributed by atoms with Crippen molar-refractivity contribution in [2.24, 2.45) is 0 Å². The lowest BCUT2D eigenvalue weighted by atomic mass is 10.1. The monoisotopic (exact) mass is 316 g/mol. The molecule has 1 aromatic carbocycles. The minimum atomic E-state index is -1.82. The van der Waals surface area contributed by atoms with E-state index in [0.717, 1.165) is 6.42 Å². The molecule has 0 amide bonds. The summed E-state index contributed by atoms with van der Waals surface area (Å²) in [6, 6.07) is 8.71. The fraction of sp³-hybridized carbons (Fsp3) is 0.444. The Bertz CT molecular complexity index is 658. The molecule has 1 heterocycles. The van der Waals surface area contributed by atoms with Gasteiger partial charge in [0.25, 0.3) is 0 Å². The molecule has 1 nitrogen and oxygen atoms in total. The van der Waals surface area contributed by atoms with Gasteiger partial charge in [0.15, 0.2) is 8.32 Å². The van der Waals surface area contributed by atoms with Crippen molar-refractivity contribution in [3.05, 3.63) is 35.2 Å². The van der Waals surface area contributed by atoms with Crippen molar-refractivity contribution in [3.8, 4) is 12.3 Å². The summed E-state index contributed by atoms with van der Waals surface area (Å²) < 4.78 is 7.67. The second-order valence-corrected chi connectivity index (χ2v) is 12.7. The molecule has 0 aliphatic heterocycles. The molecule has 112 valence electrons. The van der Waals surface area contributed by atoms with Crippen molar-refractivity contribution in [1.82, 2.24) is 0 Å². The molecule has 1 aromatic heterocycles. The van der Waals surface area contributed by atoms with E-state index in [4.69, 9.17) is 10.8 Å². The topological polar surface area (TPSA) is 9.23 Å². The Kier molecular flexibility index (Phi) is 4.62. The highest BCUT2D eigenvalue weighted by atomic mass is 32.1. The molecule has 0 spiro atoms. The van der Waals surface area contributed by atoms with Gasteiger partial charge in [0, 0.05) is 11.1 Å². The van der Waals surface area contributed by atoms with Crippen LogP contribution in [0.5, 0.6) is 0 Å². The molecule has 0 saturated carbocycles. The Morgan fingerprint density at radius 3 is 2.62 bits per heavy atom. The molecule has 0 saturated heterocycles. The first-order valence-electron chi connectivity index (χ1n) is 7.33. The van der Waals surface area contributed by atoms with Crippen molar-refractivity contribution in [3.63, 3.8) is 0 Å². The van der Waals surface area contributed by atoms with E-state index >= 15 is 0 Å². The molecule has 0 unspecified atom stereocenters. The van der Waals surface area contributed by atoms with Crippen LogP contribution in [-0.2, 0) is 10.8 Å². The Hall–Kier alpha value is -1.08. The van der Waals surface area contributed by atoms with Gasteiger partial charge in [-0.25, -0.2) is 0 Å². The number of hydrogen-bond donors (Lipinski definition) is 0. The van der Waals surface area contributed by atoms with Crippen molar-refractivity contribution in [2.75, 3.05) is 0 Å². The van der Waals surface area contributed by atoms with Crippen molar-refractivity contribution in [1.29, 1.82) is 0 Å². The van der Waals surface area contributed by atoms with Gasteiger partial charge < -0.3 is 4.43 Å². The number of terminal acetylenes is 1. The standard InChI is InChI=1S/C18H24OSSi/c1-7-16(19-21(5,6)18(2,3)4)12-14-8-9-15-10-11-20-17(15)13-14/h1,8-11,13,16H,12H2,2-6H3/t16-/m0/s1. The summed E-state index contributed by atoms with van der Waals surface area (Å²) in [4.78, 5) is 0. The Balaban J connectivity index is 2.14. The van der Waals surface area contributed by atoms with Crippen LogP contribution in [0.25, 0.3) is 10.1 Å². The van der Waals surface area contributed by atoms with Crippen molar-refractivity contribution in [2.45, 2.75) is 51.4 Å². The summed E-state index contributed by atoms with van der Waals surface area (Å²) in [6.45, 7) is 11.2. The SMILES string of the molecule is C#C[C@@H](Cc1ccc2ccsc2c1)O[Si](C)(C)C(C)(C)C. The third kappa shape index (κ3) is 3.77. The lowest BCUT2D eigenvalue weighted by molar-refractivity contribution is 0.234. The number of rotatable bonds is 4. The highest BCUT2D eigenvalue weighted by Crippen LogP contribution is 2.37. The zero-order valence-electron chi connectivity index (χ0n) is 13.6. The van der Waals surface area contributed by atoms with E-state index in [-0.39, 0.29) is 11.1 Å². The quantitative estimate of drug-likeness (QED) is 0.537. The second kappa shape index (κ2) is 5.96. The smallest absolute Gasteiger partial charge is 0.193 e. The van der Waals surface area contributed by atoms with Gasteiger partial charge in [-0.1, -0.05) is 38.8 Å². The van der Waals surface area contributed by atoms with Gasteiger partial charge in [-0.15, -0.1) is 17.8 Å². The first-order chi connectivity index (χ1) is 9.73. The van der Waals surface area contributed by atoms with Crippen LogP contribution in [0.1, 0.15) is 26.3 Å². The summed E-state index contributed by atoms with van der Waals surface area (Å²) in [7, 11) is -1.82. The maximum absolute atomic E-state index is 6.36. The molecule has 0 aliphatic carbocycles. The van der Waals surface area contributed by atoms with Crippen molar-refractivity contribution >= 4 is 29.7 Å². The third-order valence-corrected chi connectivity index (χ3v) is 9.74. The van der Waals surface area contributed by atoms with Crippen LogP contribution in [0.4, 0.5) is 0 Å². The zero-order chi connectivity index (χ0) is 15.7. The predicted octanol–water partition coefficient (Wildman–Crippen LogP) is 5.47. The van der Waals surface area contributed by atoms with Gasteiger partial charge in [-0.3, -0.25) is 0 Å². The van der Waals surface area contributed by atoms with E-state index in [9.17, 15) is 0 Å². The maximum atomic E-state index is 6.36. The summed E-state index contributed by atoms with van der Waals surface area (Å²) in [5, 5.41) is 3.60. The predicted molar refractivity (Wildman–Crippen MR) is 96.4 cm³/mol. The molecular weight excluding hydrogens is 292 g/mol. The van der Waals surface area contributed by atoms with Gasteiger partial charge in [-0.05, 0) is 46.6 Å². The molecule has 2 aromatic rings. The fourth-order valence-electron chi connectivity index (χ4n) is 2.01. The first kappa shape index (κ1) is 16.3. The lowest BCUT2D eigenvalue weighted by Crippen LogP contribution is -2.44. The van der Waals surface area contributed by atoms with E-state index in [1.165, 1.54) is 15.6 Å². The van der Waals surface area contributed by atoms with Gasteiger partial charge in [0.05, 0.1) is 0 Å². The minimum Gasteiger partial charge on any atom is -0.403 e. The highest BCUT2D eigenvalue weighted by molar-refractivity contribution is 7.17. The molecule has 1 atom stereocenters. The average Bonchev–Trinajstić information content (AvgIpc) is 2.83. The third-order valence-electron chi connectivity index (χ3n) is 4.37. The van der Waals surface area contributed by atoms with Crippen molar-refractivity contribution < 1.29 is 4.43 Å². The number of benzene rings is 1. The van der Waals surface area contributed by atoms with E-state index in [1.807, 2.05) is 0 Å². The minimum absolute atomic E-state index is 0.136. The number of thiophene rings is 1. The average molecular weight is 317 g/mol. The summed E-state index contributed by atoms with van der Waals surface area (Å²) in [6.07, 6.45) is 6.37. The van der Waals surface area contributed by atoms with Crippen LogP contribution < -0.4 is 0 Å². The van der Waals surface area contributed by atoms with Gasteiger partial charge in [0.1, 0.15) is 6.10 Å². The Morgan fingerprint density at radius 1 is 1.29 bits per heavy atom. The van der Waals surface area contributed by atoms with Crippen LogP contribution in [0.15, 0.2) is 29.6 Å². The molecule has 0 N–H and O–H groups in total. The molecule has 21 heavy (non-hydrogen) atoms. The molecule has 2 rings (SSSR count). The molecule has 3 heteroatoms. The summed E-state index contributed by atoms with van der Waals surface area (Å²) in [5.41, 5.74) is 1.26.